The van der Waals surface area contributed by atoms with Crippen LogP contribution in [0.25, 0.3) is 5.69 Å². The number of benzene rings is 2. The molecule has 0 bridgehead atoms. The van der Waals surface area contributed by atoms with Gasteiger partial charge in [-0.2, -0.15) is 0 Å². The van der Waals surface area contributed by atoms with E-state index >= 15 is 0 Å². The van der Waals surface area contributed by atoms with Crippen molar-refractivity contribution < 1.29 is 14.3 Å². The van der Waals surface area contributed by atoms with Crippen molar-refractivity contribution in [1.82, 2.24) is 30.3 Å². The first kappa shape index (κ1) is 24.2. The first-order chi connectivity index (χ1) is 17.1. The van der Waals surface area contributed by atoms with Crippen LogP contribution < -0.4 is 14.8 Å². The fourth-order valence-electron chi connectivity index (χ4n) is 3.43. The number of carbonyl (C=O) groups is 1. The van der Waals surface area contributed by atoms with Gasteiger partial charge in [-0.1, -0.05) is 40.7 Å². The molecule has 1 N–H and O–H groups in total. The van der Waals surface area contributed by atoms with E-state index in [-0.39, 0.29) is 11.6 Å². The van der Waals surface area contributed by atoms with Gasteiger partial charge in [-0.05, 0) is 49.2 Å². The highest BCUT2D eigenvalue weighted by atomic mass is 32.2. The number of hydrogen-bond donors (Lipinski definition) is 1. The van der Waals surface area contributed by atoms with E-state index in [1.165, 1.54) is 11.8 Å². The van der Waals surface area contributed by atoms with Gasteiger partial charge in [-0.3, -0.25) is 4.79 Å². The first-order valence-corrected chi connectivity index (χ1v) is 12.0. The van der Waals surface area contributed by atoms with Gasteiger partial charge in [-0.25, -0.2) is 14.6 Å². The van der Waals surface area contributed by atoms with Crippen LogP contribution >= 0.6 is 11.8 Å². The molecule has 35 heavy (non-hydrogen) atoms. The quantitative estimate of drug-likeness (QED) is 0.265. The summed E-state index contributed by atoms with van der Waals surface area (Å²) in [6.07, 6.45) is 4.00. The molecule has 4 aromatic rings. The summed E-state index contributed by atoms with van der Waals surface area (Å²) < 4.78 is 12.3. The molecule has 1 amide bonds. The van der Waals surface area contributed by atoms with Crippen molar-refractivity contribution in [3.63, 3.8) is 0 Å². The molecule has 0 aliphatic rings. The lowest BCUT2D eigenvalue weighted by Crippen LogP contribution is -2.27. The number of nitrogens with one attached hydrogen (secondary N) is 1. The van der Waals surface area contributed by atoms with Crippen molar-refractivity contribution in [2.75, 3.05) is 20.8 Å². The highest BCUT2D eigenvalue weighted by molar-refractivity contribution is 7.98. The number of aromatic nitrogens is 5. The van der Waals surface area contributed by atoms with Crippen LogP contribution in [0.15, 0.2) is 66.1 Å². The number of aryl methyl sites for hydroxylation is 1. The summed E-state index contributed by atoms with van der Waals surface area (Å²) in [6.45, 7) is 2.45. The SMILES string of the molecule is COc1ccc(CCNC(=O)c2nnn(-c3ccc(C)cc3)c2CSc2ncccn2)cc1OC. The Morgan fingerprint density at radius 1 is 1.03 bits per heavy atom. The number of rotatable bonds is 10. The van der Waals surface area contributed by atoms with Crippen LogP contribution in [0.3, 0.4) is 0 Å². The van der Waals surface area contributed by atoms with Gasteiger partial charge in [0.05, 0.1) is 25.6 Å². The first-order valence-electron chi connectivity index (χ1n) is 11.0. The van der Waals surface area contributed by atoms with Crippen molar-refractivity contribution in [1.29, 1.82) is 0 Å². The molecule has 0 saturated carbocycles. The molecule has 2 heterocycles. The minimum atomic E-state index is -0.284. The van der Waals surface area contributed by atoms with Crippen molar-refractivity contribution in [2.45, 2.75) is 24.3 Å². The maximum atomic E-state index is 13.1. The van der Waals surface area contributed by atoms with Gasteiger partial charge < -0.3 is 14.8 Å². The summed E-state index contributed by atoms with van der Waals surface area (Å²) in [6, 6.07) is 15.4. The van der Waals surface area contributed by atoms with Gasteiger partial charge in [0.15, 0.2) is 22.3 Å². The topological polar surface area (TPSA) is 104 Å². The second-order valence-electron chi connectivity index (χ2n) is 7.65. The third-order valence-corrected chi connectivity index (χ3v) is 6.17. The van der Waals surface area contributed by atoms with Crippen LogP contribution in [-0.2, 0) is 12.2 Å². The Morgan fingerprint density at radius 2 is 1.77 bits per heavy atom. The molecule has 0 aliphatic carbocycles. The average Bonchev–Trinajstić information content (AvgIpc) is 3.32. The Labute approximate surface area is 207 Å². The van der Waals surface area contributed by atoms with Crippen LogP contribution in [0.4, 0.5) is 0 Å². The zero-order valence-electron chi connectivity index (χ0n) is 19.8. The van der Waals surface area contributed by atoms with Crippen LogP contribution in [0.2, 0.25) is 0 Å². The van der Waals surface area contributed by atoms with E-state index in [0.717, 1.165) is 16.8 Å². The fourth-order valence-corrected chi connectivity index (χ4v) is 4.23. The van der Waals surface area contributed by atoms with Gasteiger partial charge in [0.25, 0.3) is 5.91 Å². The maximum absolute atomic E-state index is 13.1. The third-order valence-electron chi connectivity index (χ3n) is 5.28. The lowest BCUT2D eigenvalue weighted by Gasteiger charge is -2.10. The second-order valence-corrected chi connectivity index (χ2v) is 8.59. The molecule has 10 heteroatoms. The van der Waals surface area contributed by atoms with Gasteiger partial charge in [0, 0.05) is 24.7 Å². The number of nitrogens with zero attached hydrogens (tertiary/aromatic N) is 5. The smallest absolute Gasteiger partial charge is 0.273 e. The van der Waals surface area contributed by atoms with Crippen LogP contribution in [0.1, 0.15) is 27.3 Å². The average molecular weight is 491 g/mol. The Kier molecular flexibility index (Phi) is 7.94. The molecule has 0 radical (unpaired) electrons. The monoisotopic (exact) mass is 490 g/mol. The molecular formula is C25H26N6O3S. The van der Waals surface area contributed by atoms with E-state index < -0.39 is 0 Å². The van der Waals surface area contributed by atoms with Crippen molar-refractivity contribution in [3.05, 3.63) is 83.4 Å². The summed E-state index contributed by atoms with van der Waals surface area (Å²) in [4.78, 5) is 21.6. The molecule has 0 atom stereocenters. The molecule has 0 aliphatic heterocycles. The lowest BCUT2D eigenvalue weighted by molar-refractivity contribution is 0.0948. The van der Waals surface area contributed by atoms with Gasteiger partial charge in [0.2, 0.25) is 0 Å². The Morgan fingerprint density at radius 3 is 2.49 bits per heavy atom. The number of methoxy groups -OCH3 is 2. The van der Waals surface area contributed by atoms with Crippen molar-refractivity contribution in [3.8, 4) is 17.2 Å². The Bertz CT molecular complexity index is 1280. The van der Waals surface area contributed by atoms with E-state index in [1.807, 2.05) is 49.4 Å². The standard InChI is InChI=1S/C25H26N6O3S/c1-17-5-8-19(9-6-17)31-20(16-35-25-27-12-4-13-28-25)23(29-30-31)24(32)26-14-11-18-7-10-21(33-2)22(15-18)34-3/h4-10,12-13,15H,11,14,16H2,1-3H3,(H,26,32). The molecule has 2 aromatic heterocycles. The third kappa shape index (κ3) is 5.96. The molecular weight excluding hydrogens is 464 g/mol. The largest absolute Gasteiger partial charge is 0.493 e. The minimum Gasteiger partial charge on any atom is -0.493 e. The predicted octanol–water partition coefficient (Wildman–Crippen LogP) is 3.65. The zero-order valence-corrected chi connectivity index (χ0v) is 20.6. The normalized spacial score (nSPS) is 10.7. The molecule has 9 nitrogen and oxygen atoms in total. The van der Waals surface area contributed by atoms with Gasteiger partial charge >= 0.3 is 0 Å². The lowest BCUT2D eigenvalue weighted by atomic mass is 10.1. The Hall–Kier alpha value is -3.92. The second kappa shape index (κ2) is 11.5. The summed E-state index contributed by atoms with van der Waals surface area (Å²) in [5.74, 6) is 1.47. The van der Waals surface area contributed by atoms with Gasteiger partial charge in [-0.15, -0.1) is 5.10 Å². The minimum absolute atomic E-state index is 0.279. The van der Waals surface area contributed by atoms with Crippen LogP contribution in [0.5, 0.6) is 11.5 Å². The van der Waals surface area contributed by atoms with Crippen LogP contribution in [0, 0.1) is 6.92 Å². The number of carbonyl (C=O) groups excluding carboxylic acids is 1. The molecule has 2 aromatic carbocycles. The van der Waals surface area contributed by atoms with Crippen molar-refractivity contribution >= 4 is 17.7 Å². The molecule has 0 saturated heterocycles. The number of amides is 1. The predicted molar refractivity (Wildman–Crippen MR) is 133 cm³/mol. The van der Waals surface area contributed by atoms with E-state index in [1.54, 1.807) is 37.4 Å². The fraction of sp³-hybridized carbons (Fsp3) is 0.240. The highest BCUT2D eigenvalue weighted by Gasteiger charge is 2.21. The summed E-state index contributed by atoms with van der Waals surface area (Å²) in [5, 5.41) is 12.1. The molecule has 0 spiro atoms. The van der Waals surface area contributed by atoms with E-state index in [9.17, 15) is 4.79 Å². The maximum Gasteiger partial charge on any atom is 0.273 e. The molecule has 4 rings (SSSR count). The Balaban J connectivity index is 1.50. The van der Waals surface area contributed by atoms with Crippen molar-refractivity contribution in [2.24, 2.45) is 0 Å². The summed E-state index contributed by atoms with van der Waals surface area (Å²) in [5.41, 5.74) is 3.94. The van der Waals surface area contributed by atoms with Crippen LogP contribution in [-0.4, -0.2) is 51.6 Å². The zero-order chi connectivity index (χ0) is 24.6. The summed E-state index contributed by atoms with van der Waals surface area (Å²) in [7, 11) is 3.20. The van der Waals surface area contributed by atoms with E-state index in [4.69, 9.17) is 9.47 Å². The molecule has 180 valence electrons. The summed E-state index contributed by atoms with van der Waals surface area (Å²) >= 11 is 1.42. The van der Waals surface area contributed by atoms with Gasteiger partial charge in [0.1, 0.15) is 0 Å². The molecule has 0 fully saturated rings. The highest BCUT2D eigenvalue weighted by Crippen LogP contribution is 2.27. The number of hydrogen-bond acceptors (Lipinski definition) is 8. The molecule has 0 unspecified atom stereocenters. The van der Waals surface area contributed by atoms with E-state index in [2.05, 4.69) is 25.6 Å². The number of ether oxygens (including phenoxy) is 2. The number of thioether (sulfide) groups is 1. The van der Waals surface area contributed by atoms with E-state index in [0.29, 0.717) is 41.1 Å².